The molecule has 0 bridgehead atoms. The van der Waals surface area contributed by atoms with Crippen molar-refractivity contribution < 1.29 is 53.8 Å². The van der Waals surface area contributed by atoms with Crippen molar-refractivity contribution in [2.75, 3.05) is 13.2 Å². The fourth-order valence-corrected chi connectivity index (χ4v) is 4.94. The van der Waals surface area contributed by atoms with Gasteiger partial charge < -0.3 is 39.4 Å². The minimum absolute atomic E-state index is 0.170. The molecule has 4 N–H and O–H groups in total. The third-order valence-corrected chi connectivity index (χ3v) is 7.74. The summed E-state index contributed by atoms with van der Waals surface area (Å²) in [7, 11) is 0. The fourth-order valence-electron chi connectivity index (χ4n) is 4.94. The van der Waals surface area contributed by atoms with Gasteiger partial charge in [0.2, 0.25) is 0 Å². The van der Waals surface area contributed by atoms with Crippen LogP contribution in [0.4, 0.5) is 0 Å². The average Bonchev–Trinajstić information content (AvgIpc) is 3.03. The summed E-state index contributed by atoms with van der Waals surface area (Å²) in [6, 6.07) is 0. The highest BCUT2D eigenvalue weighted by atomic mass is 16.7. The predicted molar refractivity (Wildman–Crippen MR) is 174 cm³/mol. The summed E-state index contributed by atoms with van der Waals surface area (Å²) in [6.07, 6.45) is 15.5. The van der Waals surface area contributed by atoms with Crippen LogP contribution in [0.2, 0.25) is 0 Å². The van der Waals surface area contributed by atoms with E-state index in [9.17, 15) is 34.8 Å². The second-order valence-electron chi connectivity index (χ2n) is 12.0. The standard InChI is InChI=1S/C35H60O11/c1-3-5-7-9-11-13-15-17-19-21-23-28(36)43-25-27(26-44-35-32(40)30(38)31(39)33(46-35)34(41)42)45-29(37)24-22-20-18-16-14-12-10-8-6-4-2/h7-10,27,30-33,35,38-40H,3-6,11-26H2,1-2H3,(H,41,42)/b9-7-,10-8-. The maximum Gasteiger partial charge on any atom is 0.335 e. The predicted octanol–water partition coefficient (Wildman–Crippen LogP) is 5.52. The van der Waals surface area contributed by atoms with Gasteiger partial charge in [-0.05, 0) is 51.4 Å². The van der Waals surface area contributed by atoms with E-state index in [0.717, 1.165) is 89.9 Å². The topological polar surface area (TPSA) is 169 Å². The van der Waals surface area contributed by atoms with Crippen molar-refractivity contribution in [3.63, 3.8) is 0 Å². The molecule has 1 heterocycles. The van der Waals surface area contributed by atoms with Crippen LogP contribution in [0.25, 0.3) is 0 Å². The van der Waals surface area contributed by atoms with Crippen molar-refractivity contribution in [1.82, 2.24) is 0 Å². The first-order valence-corrected chi connectivity index (χ1v) is 17.4. The number of hydrogen-bond acceptors (Lipinski definition) is 10. The van der Waals surface area contributed by atoms with E-state index >= 15 is 0 Å². The molecule has 0 aromatic rings. The largest absolute Gasteiger partial charge is 0.479 e. The highest BCUT2D eigenvalue weighted by molar-refractivity contribution is 5.73. The molecule has 0 saturated carbocycles. The van der Waals surface area contributed by atoms with Gasteiger partial charge in [-0.3, -0.25) is 9.59 Å². The zero-order valence-corrected chi connectivity index (χ0v) is 28.1. The van der Waals surface area contributed by atoms with E-state index in [1.165, 1.54) is 0 Å². The lowest BCUT2D eigenvalue weighted by Gasteiger charge is -2.38. The molecule has 46 heavy (non-hydrogen) atoms. The fraction of sp³-hybridized carbons (Fsp3) is 0.800. The number of carbonyl (C=O) groups is 3. The number of esters is 2. The first-order valence-electron chi connectivity index (χ1n) is 17.4. The van der Waals surface area contributed by atoms with E-state index in [0.29, 0.717) is 12.8 Å². The quantitative estimate of drug-likeness (QED) is 0.0499. The number of rotatable bonds is 27. The molecule has 0 aromatic carbocycles. The number of allylic oxidation sites excluding steroid dienone is 4. The van der Waals surface area contributed by atoms with Gasteiger partial charge in [-0.15, -0.1) is 0 Å². The number of carboxylic acid groups (broad SMARTS) is 1. The molecule has 0 aliphatic carbocycles. The zero-order valence-electron chi connectivity index (χ0n) is 28.1. The first kappa shape index (κ1) is 41.7. The van der Waals surface area contributed by atoms with E-state index < -0.39 is 61.3 Å². The Bertz CT molecular complexity index is 875. The minimum Gasteiger partial charge on any atom is -0.479 e. The van der Waals surface area contributed by atoms with E-state index in [1.54, 1.807) is 0 Å². The molecule has 0 radical (unpaired) electrons. The van der Waals surface area contributed by atoms with Gasteiger partial charge >= 0.3 is 17.9 Å². The number of unbranched alkanes of at least 4 members (excludes halogenated alkanes) is 12. The molecule has 0 amide bonds. The van der Waals surface area contributed by atoms with Crippen molar-refractivity contribution in [1.29, 1.82) is 0 Å². The molecule has 1 aliphatic heterocycles. The maximum absolute atomic E-state index is 12.6. The summed E-state index contributed by atoms with van der Waals surface area (Å²) in [4.78, 5) is 36.4. The highest BCUT2D eigenvalue weighted by Crippen LogP contribution is 2.23. The number of carbonyl (C=O) groups excluding carboxylic acids is 2. The van der Waals surface area contributed by atoms with Crippen LogP contribution in [0.3, 0.4) is 0 Å². The third kappa shape index (κ3) is 19.4. The van der Waals surface area contributed by atoms with Gasteiger partial charge in [0, 0.05) is 12.8 Å². The molecular formula is C35H60O11. The summed E-state index contributed by atoms with van der Waals surface area (Å²) in [5.74, 6) is -2.48. The van der Waals surface area contributed by atoms with Crippen LogP contribution >= 0.6 is 0 Å². The molecule has 6 atom stereocenters. The van der Waals surface area contributed by atoms with Crippen LogP contribution in [0.5, 0.6) is 0 Å². The Hall–Kier alpha value is -2.31. The minimum atomic E-state index is -1.86. The molecule has 6 unspecified atom stereocenters. The number of hydrogen-bond donors (Lipinski definition) is 4. The molecule has 0 aromatic heterocycles. The Morgan fingerprint density at radius 3 is 1.70 bits per heavy atom. The smallest absolute Gasteiger partial charge is 0.335 e. The molecule has 11 heteroatoms. The molecule has 1 rings (SSSR count). The van der Waals surface area contributed by atoms with E-state index in [1.807, 2.05) is 0 Å². The molecule has 1 aliphatic rings. The Morgan fingerprint density at radius 1 is 0.652 bits per heavy atom. The van der Waals surface area contributed by atoms with Gasteiger partial charge in [-0.25, -0.2) is 4.79 Å². The molecule has 11 nitrogen and oxygen atoms in total. The summed E-state index contributed by atoms with van der Waals surface area (Å²) in [6.45, 7) is 3.62. The van der Waals surface area contributed by atoms with Crippen molar-refractivity contribution in [2.24, 2.45) is 0 Å². The number of aliphatic hydroxyl groups excluding tert-OH is 3. The number of carboxylic acids is 1. The SMILES string of the molecule is CCC/C=C\CCCCCCCC(=O)OCC(COC1OC(C(=O)O)C(O)C(O)C1O)OC(=O)CCCCCCC/C=C\CCC. The van der Waals surface area contributed by atoms with Gasteiger partial charge in [0.1, 0.15) is 24.9 Å². The van der Waals surface area contributed by atoms with Crippen LogP contribution in [-0.4, -0.2) is 88.4 Å². The second kappa shape index (κ2) is 26.7. The second-order valence-corrected chi connectivity index (χ2v) is 12.0. The lowest BCUT2D eigenvalue weighted by atomic mass is 9.99. The Kier molecular flexibility index (Phi) is 24.2. The Balaban J connectivity index is 2.51. The van der Waals surface area contributed by atoms with E-state index in [4.69, 9.17) is 18.9 Å². The maximum atomic E-state index is 12.6. The summed E-state index contributed by atoms with van der Waals surface area (Å²) in [5, 5.41) is 39.5. The monoisotopic (exact) mass is 656 g/mol. The average molecular weight is 657 g/mol. The number of aliphatic hydroxyl groups is 3. The molecule has 0 spiro atoms. The summed E-state index contributed by atoms with van der Waals surface area (Å²) in [5.41, 5.74) is 0. The summed E-state index contributed by atoms with van der Waals surface area (Å²) < 4.78 is 21.5. The van der Waals surface area contributed by atoms with Crippen molar-refractivity contribution >= 4 is 17.9 Å². The van der Waals surface area contributed by atoms with Gasteiger partial charge in [-0.2, -0.15) is 0 Å². The van der Waals surface area contributed by atoms with Crippen LogP contribution in [0.15, 0.2) is 24.3 Å². The first-order chi connectivity index (χ1) is 22.2. The van der Waals surface area contributed by atoms with E-state index in [-0.39, 0.29) is 19.4 Å². The van der Waals surface area contributed by atoms with Crippen molar-refractivity contribution in [3.05, 3.63) is 24.3 Å². The lowest BCUT2D eigenvalue weighted by molar-refractivity contribution is -0.298. The van der Waals surface area contributed by atoms with Gasteiger partial charge in [0.15, 0.2) is 18.5 Å². The molecule has 266 valence electrons. The van der Waals surface area contributed by atoms with Gasteiger partial charge in [0.25, 0.3) is 0 Å². The number of aliphatic carboxylic acids is 1. The normalized spacial score (nSPS) is 22.3. The molecular weight excluding hydrogens is 596 g/mol. The van der Waals surface area contributed by atoms with Crippen LogP contribution in [0, 0.1) is 0 Å². The van der Waals surface area contributed by atoms with Crippen LogP contribution in [0.1, 0.15) is 129 Å². The molecule has 1 saturated heterocycles. The lowest BCUT2D eigenvalue weighted by Crippen LogP contribution is -2.60. The third-order valence-electron chi connectivity index (χ3n) is 7.74. The summed E-state index contributed by atoms with van der Waals surface area (Å²) >= 11 is 0. The van der Waals surface area contributed by atoms with Crippen molar-refractivity contribution in [2.45, 2.75) is 166 Å². The van der Waals surface area contributed by atoms with Crippen molar-refractivity contribution in [3.8, 4) is 0 Å². The highest BCUT2D eigenvalue weighted by Gasteiger charge is 2.47. The van der Waals surface area contributed by atoms with Crippen LogP contribution in [-0.2, 0) is 33.3 Å². The molecule has 1 fully saturated rings. The van der Waals surface area contributed by atoms with Gasteiger partial charge in [-0.1, -0.05) is 89.5 Å². The van der Waals surface area contributed by atoms with Crippen LogP contribution < -0.4 is 0 Å². The van der Waals surface area contributed by atoms with E-state index in [2.05, 4.69) is 38.2 Å². The number of ether oxygens (including phenoxy) is 4. The Morgan fingerprint density at radius 2 is 1.15 bits per heavy atom. The zero-order chi connectivity index (χ0) is 34.0. The Labute approximate surface area is 275 Å². The van der Waals surface area contributed by atoms with Gasteiger partial charge in [0.05, 0.1) is 6.61 Å².